The van der Waals surface area contributed by atoms with Crippen molar-refractivity contribution in [2.75, 3.05) is 20.3 Å². The average Bonchev–Trinajstić information content (AvgIpc) is 2.83. The molecular formula is C24H24N2O6. The normalized spacial score (nSPS) is 10.1. The Labute approximate surface area is 186 Å². The van der Waals surface area contributed by atoms with Gasteiger partial charge in [0.05, 0.1) is 13.7 Å². The first kappa shape index (κ1) is 22.5. The predicted octanol–water partition coefficient (Wildman–Crippen LogP) is 3.73. The number of methoxy groups -OCH3 is 1. The molecule has 0 saturated carbocycles. The van der Waals surface area contributed by atoms with E-state index in [-0.39, 0.29) is 6.61 Å². The van der Waals surface area contributed by atoms with Crippen LogP contribution < -0.4 is 29.8 Å². The van der Waals surface area contributed by atoms with E-state index in [0.717, 1.165) is 5.75 Å². The zero-order valence-electron chi connectivity index (χ0n) is 17.8. The van der Waals surface area contributed by atoms with Gasteiger partial charge in [-0.05, 0) is 61.5 Å². The monoisotopic (exact) mass is 436 g/mol. The third-order valence-electron chi connectivity index (χ3n) is 4.21. The summed E-state index contributed by atoms with van der Waals surface area (Å²) in [5, 5.41) is 0. The van der Waals surface area contributed by atoms with E-state index in [1.807, 2.05) is 37.3 Å². The van der Waals surface area contributed by atoms with Gasteiger partial charge in [-0.1, -0.05) is 18.2 Å². The molecule has 0 saturated heterocycles. The number of ether oxygens (including phenoxy) is 4. The molecule has 3 aromatic rings. The summed E-state index contributed by atoms with van der Waals surface area (Å²) in [6, 6.07) is 21.0. The molecule has 0 unspecified atom stereocenters. The maximum atomic E-state index is 12.3. The molecule has 0 radical (unpaired) electrons. The standard InChI is InChI=1S/C24H24N2O6/c1-3-30-21-14-9-17(15-22(21)29-2)24(28)26-25-23(27)16-31-18-10-12-20(13-11-18)32-19-7-5-4-6-8-19/h4-15H,3,16H2,1-2H3,(H,25,27)(H,26,28). The molecule has 3 rings (SSSR count). The van der Waals surface area contributed by atoms with E-state index in [1.165, 1.54) is 13.2 Å². The first-order valence-electron chi connectivity index (χ1n) is 9.95. The molecule has 0 aliphatic carbocycles. The number of hydrogen-bond acceptors (Lipinski definition) is 6. The van der Waals surface area contributed by atoms with Crippen LogP contribution in [0.4, 0.5) is 0 Å². The Hall–Kier alpha value is -4.20. The lowest BCUT2D eigenvalue weighted by atomic mass is 10.2. The van der Waals surface area contributed by atoms with Crippen LogP contribution in [-0.4, -0.2) is 32.1 Å². The first-order chi connectivity index (χ1) is 15.6. The van der Waals surface area contributed by atoms with Crippen molar-refractivity contribution in [2.24, 2.45) is 0 Å². The molecule has 2 N–H and O–H groups in total. The highest BCUT2D eigenvalue weighted by Gasteiger charge is 2.12. The molecule has 0 heterocycles. The Morgan fingerprint density at radius 3 is 2.16 bits per heavy atom. The minimum Gasteiger partial charge on any atom is -0.493 e. The molecule has 0 spiro atoms. The van der Waals surface area contributed by atoms with Crippen molar-refractivity contribution in [3.63, 3.8) is 0 Å². The van der Waals surface area contributed by atoms with E-state index < -0.39 is 11.8 Å². The number of para-hydroxylation sites is 1. The lowest BCUT2D eigenvalue weighted by molar-refractivity contribution is -0.123. The third kappa shape index (κ3) is 6.40. The van der Waals surface area contributed by atoms with Crippen molar-refractivity contribution in [3.05, 3.63) is 78.4 Å². The second kappa shape index (κ2) is 11.3. The van der Waals surface area contributed by atoms with Crippen LogP contribution in [0.3, 0.4) is 0 Å². The molecule has 166 valence electrons. The van der Waals surface area contributed by atoms with Gasteiger partial charge in [0.15, 0.2) is 18.1 Å². The third-order valence-corrected chi connectivity index (χ3v) is 4.21. The lowest BCUT2D eigenvalue weighted by Gasteiger charge is -2.12. The minimum absolute atomic E-state index is 0.272. The predicted molar refractivity (Wildman–Crippen MR) is 118 cm³/mol. The van der Waals surface area contributed by atoms with E-state index in [4.69, 9.17) is 18.9 Å². The van der Waals surface area contributed by atoms with Crippen LogP contribution in [-0.2, 0) is 4.79 Å². The van der Waals surface area contributed by atoms with Crippen molar-refractivity contribution in [2.45, 2.75) is 6.92 Å². The van der Waals surface area contributed by atoms with Crippen LogP contribution in [0.1, 0.15) is 17.3 Å². The van der Waals surface area contributed by atoms with Crippen LogP contribution in [0.25, 0.3) is 0 Å². The topological polar surface area (TPSA) is 95.1 Å². The van der Waals surface area contributed by atoms with Crippen LogP contribution >= 0.6 is 0 Å². The van der Waals surface area contributed by atoms with Gasteiger partial charge in [0.1, 0.15) is 17.2 Å². The number of amides is 2. The Bertz CT molecular complexity index is 1040. The number of benzene rings is 3. The Balaban J connectivity index is 1.45. The molecule has 0 fully saturated rings. The van der Waals surface area contributed by atoms with Gasteiger partial charge in [0.2, 0.25) is 0 Å². The summed E-state index contributed by atoms with van der Waals surface area (Å²) in [5.74, 6) is 1.80. The van der Waals surface area contributed by atoms with E-state index in [0.29, 0.717) is 35.2 Å². The number of hydrazine groups is 1. The molecule has 8 heteroatoms. The van der Waals surface area contributed by atoms with Crippen LogP contribution in [0.2, 0.25) is 0 Å². The maximum absolute atomic E-state index is 12.3. The van der Waals surface area contributed by atoms with Crippen molar-refractivity contribution >= 4 is 11.8 Å². The molecule has 0 bridgehead atoms. The number of rotatable bonds is 9. The maximum Gasteiger partial charge on any atom is 0.276 e. The van der Waals surface area contributed by atoms with E-state index in [1.54, 1.807) is 36.4 Å². The van der Waals surface area contributed by atoms with Gasteiger partial charge in [-0.2, -0.15) is 0 Å². The molecule has 3 aromatic carbocycles. The van der Waals surface area contributed by atoms with Gasteiger partial charge in [-0.3, -0.25) is 20.4 Å². The van der Waals surface area contributed by atoms with Crippen molar-refractivity contribution in [3.8, 4) is 28.7 Å². The fourth-order valence-electron chi connectivity index (χ4n) is 2.70. The largest absolute Gasteiger partial charge is 0.493 e. The van der Waals surface area contributed by atoms with Gasteiger partial charge in [-0.15, -0.1) is 0 Å². The second-order valence-corrected chi connectivity index (χ2v) is 6.48. The lowest BCUT2D eigenvalue weighted by Crippen LogP contribution is -2.43. The van der Waals surface area contributed by atoms with Gasteiger partial charge < -0.3 is 18.9 Å². The fourth-order valence-corrected chi connectivity index (χ4v) is 2.70. The van der Waals surface area contributed by atoms with Gasteiger partial charge in [0, 0.05) is 5.56 Å². The quantitative estimate of drug-likeness (QED) is 0.497. The highest BCUT2D eigenvalue weighted by molar-refractivity contribution is 5.96. The SMILES string of the molecule is CCOc1ccc(C(=O)NNC(=O)COc2ccc(Oc3ccccc3)cc2)cc1OC. The summed E-state index contributed by atoms with van der Waals surface area (Å²) >= 11 is 0. The Morgan fingerprint density at radius 1 is 0.781 bits per heavy atom. The number of hydrogen-bond donors (Lipinski definition) is 2. The van der Waals surface area contributed by atoms with Crippen LogP contribution in [0.5, 0.6) is 28.7 Å². The molecular weight excluding hydrogens is 412 g/mol. The molecule has 2 amide bonds. The molecule has 0 aliphatic heterocycles. The van der Waals surface area contributed by atoms with Crippen molar-refractivity contribution in [1.29, 1.82) is 0 Å². The zero-order chi connectivity index (χ0) is 22.8. The number of carbonyl (C=O) groups is 2. The molecule has 0 atom stereocenters. The van der Waals surface area contributed by atoms with Crippen molar-refractivity contribution in [1.82, 2.24) is 10.9 Å². The molecule has 0 aliphatic rings. The van der Waals surface area contributed by atoms with Gasteiger partial charge >= 0.3 is 0 Å². The molecule has 0 aromatic heterocycles. The van der Waals surface area contributed by atoms with Crippen LogP contribution in [0.15, 0.2) is 72.8 Å². The minimum atomic E-state index is -0.513. The smallest absolute Gasteiger partial charge is 0.276 e. The summed E-state index contributed by atoms with van der Waals surface area (Å²) in [5.41, 5.74) is 4.96. The van der Waals surface area contributed by atoms with E-state index in [9.17, 15) is 9.59 Å². The highest BCUT2D eigenvalue weighted by atomic mass is 16.5. The average molecular weight is 436 g/mol. The Kier molecular flexibility index (Phi) is 7.91. The van der Waals surface area contributed by atoms with Crippen molar-refractivity contribution < 1.29 is 28.5 Å². The van der Waals surface area contributed by atoms with Gasteiger partial charge in [-0.25, -0.2) is 0 Å². The second-order valence-electron chi connectivity index (χ2n) is 6.48. The van der Waals surface area contributed by atoms with Gasteiger partial charge in [0.25, 0.3) is 11.8 Å². The number of nitrogens with one attached hydrogen (secondary N) is 2. The summed E-state index contributed by atoms with van der Waals surface area (Å²) in [6.45, 7) is 2.05. The molecule has 8 nitrogen and oxygen atoms in total. The summed E-state index contributed by atoms with van der Waals surface area (Å²) in [4.78, 5) is 24.3. The fraction of sp³-hybridized carbons (Fsp3) is 0.167. The van der Waals surface area contributed by atoms with Crippen LogP contribution in [0, 0.1) is 0 Å². The van der Waals surface area contributed by atoms with E-state index >= 15 is 0 Å². The Morgan fingerprint density at radius 2 is 1.47 bits per heavy atom. The summed E-state index contributed by atoms with van der Waals surface area (Å²) < 4.78 is 21.8. The first-order valence-corrected chi connectivity index (χ1v) is 9.95. The highest BCUT2D eigenvalue weighted by Crippen LogP contribution is 2.28. The summed E-state index contributed by atoms with van der Waals surface area (Å²) in [6.07, 6.45) is 0. The number of carbonyl (C=O) groups excluding carboxylic acids is 2. The zero-order valence-corrected chi connectivity index (χ0v) is 17.8. The summed E-state index contributed by atoms with van der Waals surface area (Å²) in [7, 11) is 1.49. The molecule has 32 heavy (non-hydrogen) atoms. The van der Waals surface area contributed by atoms with E-state index in [2.05, 4.69) is 10.9 Å².